The minimum absolute atomic E-state index is 0.0432. The van der Waals surface area contributed by atoms with Crippen LogP contribution in [-0.2, 0) is 18.3 Å². The van der Waals surface area contributed by atoms with Crippen molar-refractivity contribution in [3.05, 3.63) is 58.9 Å². The lowest BCUT2D eigenvalue weighted by molar-refractivity contribution is -0.132. The summed E-state index contributed by atoms with van der Waals surface area (Å²) in [6.45, 7) is 3.10. The van der Waals surface area contributed by atoms with Crippen LogP contribution in [0, 0.1) is 0 Å². The summed E-state index contributed by atoms with van der Waals surface area (Å²) in [6, 6.07) is 12.4. The number of carbonyl (C=O) groups excluding carboxylic acids is 2. The van der Waals surface area contributed by atoms with E-state index in [1.165, 1.54) is 11.1 Å². The predicted molar refractivity (Wildman–Crippen MR) is 105 cm³/mol. The summed E-state index contributed by atoms with van der Waals surface area (Å²) in [5.74, 6) is 0.477. The molecule has 4 rings (SSSR count). The van der Waals surface area contributed by atoms with Crippen molar-refractivity contribution in [3.8, 4) is 0 Å². The second kappa shape index (κ2) is 7.22. The van der Waals surface area contributed by atoms with Crippen molar-refractivity contribution in [1.29, 1.82) is 0 Å². The van der Waals surface area contributed by atoms with E-state index in [0.717, 1.165) is 37.9 Å². The Balaban J connectivity index is 1.44. The average molecular weight is 365 g/mol. The third-order valence-electron chi connectivity index (χ3n) is 6.11. The lowest BCUT2D eigenvalue weighted by Gasteiger charge is -2.35. The number of benzene rings is 1. The topological polar surface area (TPSA) is 54.3 Å². The summed E-state index contributed by atoms with van der Waals surface area (Å²) in [6.07, 6.45) is 4.15. The number of amides is 2. The van der Waals surface area contributed by atoms with Crippen LogP contribution in [0.25, 0.3) is 0 Å². The fraction of sp³-hybridized carbons (Fsp3) is 0.455. The van der Waals surface area contributed by atoms with E-state index in [1.54, 1.807) is 6.92 Å². The summed E-state index contributed by atoms with van der Waals surface area (Å²) in [4.78, 5) is 26.6. The van der Waals surface area contributed by atoms with Gasteiger partial charge >= 0.3 is 0 Å². The van der Waals surface area contributed by atoms with Crippen LogP contribution in [0.4, 0.5) is 0 Å². The normalized spacial score (nSPS) is 21.3. The summed E-state index contributed by atoms with van der Waals surface area (Å²) < 4.78 is 1.95. The Morgan fingerprint density at radius 1 is 1.15 bits per heavy atom. The zero-order valence-corrected chi connectivity index (χ0v) is 16.1. The SMILES string of the molecule is CC(=O)N1CCCC[C@H]1c1ccc(C(=O)NC[C@@H]2Cc3ccccc32)n1C. The number of carbonyl (C=O) groups is 2. The van der Waals surface area contributed by atoms with Gasteiger partial charge in [-0.25, -0.2) is 0 Å². The summed E-state index contributed by atoms with van der Waals surface area (Å²) in [7, 11) is 1.93. The third kappa shape index (κ3) is 3.27. The van der Waals surface area contributed by atoms with Gasteiger partial charge in [0.05, 0.1) is 6.04 Å². The fourth-order valence-electron chi connectivity index (χ4n) is 4.56. The summed E-state index contributed by atoms with van der Waals surface area (Å²) in [5.41, 5.74) is 4.44. The first-order chi connectivity index (χ1) is 13.1. The number of fused-ring (bicyclic) bond motifs is 1. The average Bonchev–Trinajstić information content (AvgIpc) is 3.03. The molecule has 0 spiro atoms. The number of hydrogen-bond donors (Lipinski definition) is 1. The van der Waals surface area contributed by atoms with E-state index < -0.39 is 0 Å². The van der Waals surface area contributed by atoms with Crippen molar-refractivity contribution in [2.75, 3.05) is 13.1 Å². The monoisotopic (exact) mass is 365 g/mol. The van der Waals surface area contributed by atoms with Gasteiger partial charge in [0.25, 0.3) is 5.91 Å². The highest BCUT2D eigenvalue weighted by atomic mass is 16.2. The largest absolute Gasteiger partial charge is 0.350 e. The Labute approximate surface area is 160 Å². The Hall–Kier alpha value is -2.56. The van der Waals surface area contributed by atoms with Gasteiger partial charge in [0, 0.05) is 38.7 Å². The molecule has 5 nitrogen and oxygen atoms in total. The third-order valence-corrected chi connectivity index (χ3v) is 6.11. The molecule has 2 aliphatic rings. The van der Waals surface area contributed by atoms with E-state index in [-0.39, 0.29) is 17.9 Å². The number of rotatable bonds is 4. The second-order valence-electron chi connectivity index (χ2n) is 7.74. The van der Waals surface area contributed by atoms with Crippen LogP contribution in [0.3, 0.4) is 0 Å². The molecular formula is C22H27N3O2. The van der Waals surface area contributed by atoms with Crippen LogP contribution in [0.2, 0.25) is 0 Å². The van der Waals surface area contributed by atoms with E-state index in [1.807, 2.05) is 28.6 Å². The maximum absolute atomic E-state index is 12.7. The van der Waals surface area contributed by atoms with Gasteiger partial charge in [0.2, 0.25) is 5.91 Å². The molecule has 0 radical (unpaired) electrons. The first-order valence-corrected chi connectivity index (χ1v) is 9.85. The molecule has 2 heterocycles. The summed E-state index contributed by atoms with van der Waals surface area (Å²) >= 11 is 0. The lowest BCUT2D eigenvalue weighted by Crippen LogP contribution is -2.38. The molecule has 5 heteroatoms. The van der Waals surface area contributed by atoms with Crippen molar-refractivity contribution in [3.63, 3.8) is 0 Å². The van der Waals surface area contributed by atoms with Gasteiger partial charge < -0.3 is 14.8 Å². The zero-order chi connectivity index (χ0) is 19.0. The van der Waals surface area contributed by atoms with E-state index >= 15 is 0 Å². The van der Waals surface area contributed by atoms with Gasteiger partial charge in [0.15, 0.2) is 0 Å². The van der Waals surface area contributed by atoms with Crippen LogP contribution in [0.1, 0.15) is 65.5 Å². The van der Waals surface area contributed by atoms with Crippen molar-refractivity contribution in [2.24, 2.45) is 7.05 Å². The van der Waals surface area contributed by atoms with Gasteiger partial charge in [-0.15, -0.1) is 0 Å². The number of nitrogens with zero attached hydrogens (tertiary/aromatic N) is 2. The fourth-order valence-corrected chi connectivity index (χ4v) is 4.56. The smallest absolute Gasteiger partial charge is 0.267 e. The minimum atomic E-state index is -0.0432. The maximum atomic E-state index is 12.7. The number of aromatic nitrogens is 1. The number of likely N-dealkylation sites (tertiary alicyclic amines) is 1. The van der Waals surface area contributed by atoms with Crippen molar-refractivity contribution >= 4 is 11.8 Å². The highest BCUT2D eigenvalue weighted by molar-refractivity contribution is 5.93. The quantitative estimate of drug-likeness (QED) is 0.905. The first-order valence-electron chi connectivity index (χ1n) is 9.85. The molecule has 1 aromatic heterocycles. The molecule has 1 aromatic carbocycles. The maximum Gasteiger partial charge on any atom is 0.267 e. The molecule has 2 aromatic rings. The van der Waals surface area contributed by atoms with E-state index in [4.69, 9.17) is 0 Å². The molecule has 1 aliphatic carbocycles. The molecule has 2 amide bonds. The molecule has 0 saturated carbocycles. The molecular weight excluding hydrogens is 338 g/mol. The van der Waals surface area contributed by atoms with Crippen LogP contribution < -0.4 is 5.32 Å². The Morgan fingerprint density at radius 2 is 1.96 bits per heavy atom. The Kier molecular flexibility index (Phi) is 4.77. The van der Waals surface area contributed by atoms with Crippen LogP contribution in [0.15, 0.2) is 36.4 Å². The van der Waals surface area contributed by atoms with Crippen molar-refractivity contribution in [1.82, 2.24) is 14.8 Å². The predicted octanol–water partition coefficient (Wildman–Crippen LogP) is 3.17. The highest BCUT2D eigenvalue weighted by Gasteiger charge is 2.29. The van der Waals surface area contributed by atoms with Gasteiger partial charge in [-0.1, -0.05) is 24.3 Å². The first kappa shape index (κ1) is 17.8. The van der Waals surface area contributed by atoms with Gasteiger partial charge in [-0.05, 0) is 48.9 Å². The van der Waals surface area contributed by atoms with E-state index in [9.17, 15) is 9.59 Å². The molecule has 1 N–H and O–H groups in total. The molecule has 142 valence electrons. The Bertz CT molecular complexity index is 870. The molecule has 0 unspecified atom stereocenters. The molecule has 1 saturated heterocycles. The van der Waals surface area contributed by atoms with Crippen LogP contribution in [0.5, 0.6) is 0 Å². The zero-order valence-electron chi connectivity index (χ0n) is 16.1. The van der Waals surface area contributed by atoms with Crippen molar-refractivity contribution < 1.29 is 9.59 Å². The van der Waals surface area contributed by atoms with Crippen LogP contribution in [-0.4, -0.2) is 34.4 Å². The molecule has 1 aliphatic heterocycles. The van der Waals surface area contributed by atoms with Gasteiger partial charge in [0.1, 0.15) is 5.69 Å². The lowest BCUT2D eigenvalue weighted by atomic mass is 9.77. The number of hydrogen-bond acceptors (Lipinski definition) is 2. The summed E-state index contributed by atoms with van der Waals surface area (Å²) in [5, 5.41) is 3.09. The molecule has 0 bridgehead atoms. The highest BCUT2D eigenvalue weighted by Crippen LogP contribution is 2.34. The van der Waals surface area contributed by atoms with Gasteiger partial charge in [-0.2, -0.15) is 0 Å². The Morgan fingerprint density at radius 3 is 2.74 bits per heavy atom. The van der Waals surface area contributed by atoms with E-state index in [2.05, 4.69) is 29.6 Å². The minimum Gasteiger partial charge on any atom is -0.350 e. The second-order valence-corrected chi connectivity index (χ2v) is 7.74. The van der Waals surface area contributed by atoms with Crippen LogP contribution >= 0.6 is 0 Å². The van der Waals surface area contributed by atoms with Gasteiger partial charge in [-0.3, -0.25) is 9.59 Å². The molecule has 27 heavy (non-hydrogen) atoms. The standard InChI is InChI=1S/C22H27N3O2/c1-15(26)25-12-6-5-9-20(25)19-10-11-21(24(19)2)22(27)23-14-17-13-16-7-3-4-8-18(16)17/h3-4,7-8,10-11,17,20H,5-6,9,12-14H2,1-2H3,(H,23,27)/t17-,20-/m0/s1. The number of piperidine rings is 1. The molecule has 1 fully saturated rings. The molecule has 2 atom stereocenters. The van der Waals surface area contributed by atoms with Crippen molar-refractivity contribution in [2.45, 2.75) is 44.6 Å². The number of nitrogens with one attached hydrogen (secondary N) is 1. The van der Waals surface area contributed by atoms with E-state index in [0.29, 0.717) is 18.2 Å².